The second kappa shape index (κ2) is 5.99. The number of amides is 1. The van der Waals surface area contributed by atoms with Gasteiger partial charge in [0, 0.05) is 11.5 Å². The molecule has 0 aliphatic carbocycles. The second-order valence-electron chi connectivity index (χ2n) is 5.67. The number of primary amides is 1. The number of carbonyl (C=O) groups is 1. The molecule has 1 aliphatic rings. The quantitative estimate of drug-likeness (QED) is 0.693. The topological polar surface area (TPSA) is 43.1 Å². The molecule has 1 aliphatic heterocycles. The van der Waals surface area contributed by atoms with Crippen molar-refractivity contribution in [1.29, 1.82) is 0 Å². The zero-order valence-corrected chi connectivity index (χ0v) is 11.9. The van der Waals surface area contributed by atoms with Crippen LogP contribution in [0.1, 0.15) is 27.7 Å². The summed E-state index contributed by atoms with van der Waals surface area (Å²) in [6, 6.07) is 0. The number of alkyl halides is 3. The molecule has 0 fully saturated rings. The lowest BCUT2D eigenvalue weighted by Crippen LogP contribution is -2.30. The highest BCUT2D eigenvalue weighted by atomic mass is 32.2. The Morgan fingerprint density at radius 2 is 1.39 bits per heavy atom. The van der Waals surface area contributed by atoms with Crippen molar-refractivity contribution in [3.05, 3.63) is 12.2 Å². The highest BCUT2D eigenvalue weighted by Crippen LogP contribution is 2.34. The smallest absolute Gasteiger partial charge is 0.362 e. The van der Waals surface area contributed by atoms with Crippen LogP contribution in [0.25, 0.3) is 0 Å². The molecule has 0 saturated carbocycles. The summed E-state index contributed by atoms with van der Waals surface area (Å²) in [6.07, 6.45) is -0.125. The summed E-state index contributed by atoms with van der Waals surface area (Å²) in [5, 5.41) is 0. The lowest BCUT2D eigenvalue weighted by Gasteiger charge is -2.17. The highest BCUT2D eigenvalue weighted by molar-refractivity contribution is 7.99. The Morgan fingerprint density at radius 1 is 1.11 bits per heavy atom. The van der Waals surface area contributed by atoms with Crippen LogP contribution in [-0.2, 0) is 4.79 Å². The average molecular weight is 283 g/mol. The van der Waals surface area contributed by atoms with E-state index in [1.807, 2.05) is 0 Å². The van der Waals surface area contributed by atoms with Gasteiger partial charge in [-0.15, -0.1) is 0 Å². The van der Waals surface area contributed by atoms with E-state index in [-0.39, 0.29) is 0 Å². The van der Waals surface area contributed by atoms with Crippen LogP contribution in [0.5, 0.6) is 0 Å². The molecule has 2 N–H and O–H groups in total. The highest BCUT2D eigenvalue weighted by Gasteiger charge is 2.35. The van der Waals surface area contributed by atoms with Crippen LogP contribution in [0.2, 0.25) is 0 Å². The lowest BCUT2D eigenvalue weighted by molar-refractivity contribution is -0.169. The van der Waals surface area contributed by atoms with E-state index >= 15 is 0 Å². The molecule has 1 amide bonds. The summed E-state index contributed by atoms with van der Waals surface area (Å²) in [6.45, 7) is 9.21. The van der Waals surface area contributed by atoms with E-state index in [9.17, 15) is 13.2 Å². The van der Waals surface area contributed by atoms with Crippen LogP contribution in [0.3, 0.4) is 0 Å². The van der Waals surface area contributed by atoms with Crippen LogP contribution >= 0.6 is 11.8 Å². The molecule has 0 unspecified atom stereocenters. The molecular formula is C12H20F3NOS. The van der Waals surface area contributed by atoms with Gasteiger partial charge in [-0.3, -0.25) is 4.79 Å². The Kier molecular flexibility index (Phi) is 5.78. The minimum Gasteiger partial charge on any atom is -0.362 e. The van der Waals surface area contributed by atoms with Crippen LogP contribution in [0, 0.1) is 10.8 Å². The van der Waals surface area contributed by atoms with E-state index in [0.29, 0.717) is 10.8 Å². The number of allylic oxidation sites excluding steroid dienone is 2. The first-order chi connectivity index (χ1) is 7.86. The lowest BCUT2D eigenvalue weighted by atomic mass is 9.89. The normalized spacial score (nSPS) is 21.5. The van der Waals surface area contributed by atoms with Gasteiger partial charge < -0.3 is 5.73 Å². The second-order valence-corrected chi connectivity index (χ2v) is 6.65. The SMILES string of the molecule is CC1(C)C=CC(C)(C)CSC1.NC(=O)C(F)(F)F. The number of hydrogen-bond donors (Lipinski definition) is 1. The van der Waals surface area contributed by atoms with Crippen molar-refractivity contribution >= 4 is 17.7 Å². The molecule has 18 heavy (non-hydrogen) atoms. The number of hydrogen-bond acceptors (Lipinski definition) is 2. The Morgan fingerprint density at radius 3 is 1.61 bits per heavy atom. The molecule has 0 radical (unpaired) electrons. The average Bonchev–Trinajstić information content (AvgIpc) is 2.25. The van der Waals surface area contributed by atoms with Gasteiger partial charge in [-0.05, 0) is 10.8 Å². The Balaban J connectivity index is 0.000000360. The molecule has 1 heterocycles. The molecule has 0 spiro atoms. The van der Waals surface area contributed by atoms with Gasteiger partial charge in [0.15, 0.2) is 0 Å². The third kappa shape index (κ3) is 7.63. The van der Waals surface area contributed by atoms with Gasteiger partial charge >= 0.3 is 12.1 Å². The van der Waals surface area contributed by atoms with Crippen LogP contribution in [0.15, 0.2) is 12.2 Å². The van der Waals surface area contributed by atoms with Crippen LogP contribution < -0.4 is 5.73 Å². The number of carbonyl (C=O) groups excluding carboxylic acids is 1. The number of thioether (sulfide) groups is 1. The fraction of sp³-hybridized carbons (Fsp3) is 0.750. The summed E-state index contributed by atoms with van der Waals surface area (Å²) >= 11 is 2.07. The molecular weight excluding hydrogens is 263 g/mol. The molecule has 0 aromatic rings. The first-order valence-electron chi connectivity index (χ1n) is 5.50. The van der Waals surface area contributed by atoms with E-state index in [2.05, 4.69) is 57.3 Å². The molecule has 0 saturated heterocycles. The summed E-state index contributed by atoms with van der Waals surface area (Å²) in [7, 11) is 0. The van der Waals surface area contributed by atoms with Crippen molar-refractivity contribution in [3.63, 3.8) is 0 Å². The Labute approximate surface area is 110 Å². The maximum absolute atomic E-state index is 10.7. The van der Waals surface area contributed by atoms with Crippen LogP contribution in [0.4, 0.5) is 13.2 Å². The van der Waals surface area contributed by atoms with E-state index < -0.39 is 12.1 Å². The summed E-state index contributed by atoms with van der Waals surface area (Å²) in [5.74, 6) is 0.257. The van der Waals surface area contributed by atoms with Gasteiger partial charge in [0.1, 0.15) is 0 Å². The fourth-order valence-electron chi connectivity index (χ4n) is 1.12. The summed E-state index contributed by atoms with van der Waals surface area (Å²) < 4.78 is 32.1. The fourth-order valence-corrected chi connectivity index (χ4v) is 2.47. The molecule has 1 rings (SSSR count). The standard InChI is InChI=1S/C10H18S.C2H2F3NO/c1-9(2)5-6-10(3,4)8-11-7-9;3-2(4,5)1(6)7/h5-6H,7-8H2,1-4H3;(H2,6,7). The first-order valence-corrected chi connectivity index (χ1v) is 6.66. The summed E-state index contributed by atoms with van der Waals surface area (Å²) in [4.78, 5) is 9.12. The molecule has 0 aromatic carbocycles. The van der Waals surface area contributed by atoms with Gasteiger partial charge in [0.25, 0.3) is 0 Å². The summed E-state index contributed by atoms with van der Waals surface area (Å²) in [5.41, 5.74) is 4.61. The predicted molar refractivity (Wildman–Crippen MR) is 69.3 cm³/mol. The number of halogens is 3. The van der Waals surface area contributed by atoms with Crippen LogP contribution in [-0.4, -0.2) is 23.6 Å². The maximum atomic E-state index is 10.7. The van der Waals surface area contributed by atoms with Crippen molar-refractivity contribution < 1.29 is 18.0 Å². The molecule has 6 heteroatoms. The predicted octanol–water partition coefficient (Wildman–Crippen LogP) is 3.38. The number of rotatable bonds is 0. The van der Waals surface area contributed by atoms with E-state index in [4.69, 9.17) is 4.79 Å². The maximum Gasteiger partial charge on any atom is 0.470 e. The third-order valence-electron chi connectivity index (χ3n) is 2.21. The minimum atomic E-state index is -4.86. The van der Waals surface area contributed by atoms with Gasteiger partial charge in [-0.1, -0.05) is 39.8 Å². The van der Waals surface area contributed by atoms with Crippen molar-refractivity contribution in [2.45, 2.75) is 33.9 Å². The molecule has 0 atom stereocenters. The molecule has 0 bridgehead atoms. The largest absolute Gasteiger partial charge is 0.470 e. The molecule has 2 nitrogen and oxygen atoms in total. The monoisotopic (exact) mass is 283 g/mol. The number of nitrogens with two attached hydrogens (primary N) is 1. The third-order valence-corrected chi connectivity index (χ3v) is 4.11. The zero-order valence-electron chi connectivity index (χ0n) is 11.1. The van der Waals surface area contributed by atoms with Crippen molar-refractivity contribution in [2.75, 3.05) is 11.5 Å². The van der Waals surface area contributed by atoms with E-state index in [1.54, 1.807) is 0 Å². The van der Waals surface area contributed by atoms with Gasteiger partial charge in [0.2, 0.25) is 0 Å². The molecule has 0 aromatic heterocycles. The first kappa shape index (κ1) is 17.4. The Hall–Kier alpha value is -0.650. The zero-order chi connectivity index (χ0) is 14.6. The van der Waals surface area contributed by atoms with Gasteiger partial charge in [-0.2, -0.15) is 24.9 Å². The minimum absolute atomic E-state index is 0.401. The van der Waals surface area contributed by atoms with Crippen molar-refractivity contribution in [1.82, 2.24) is 0 Å². The van der Waals surface area contributed by atoms with E-state index in [0.717, 1.165) is 0 Å². The van der Waals surface area contributed by atoms with Crippen molar-refractivity contribution in [2.24, 2.45) is 16.6 Å². The molecule has 106 valence electrons. The Bertz CT molecular complexity index is 304. The van der Waals surface area contributed by atoms with E-state index in [1.165, 1.54) is 11.5 Å². The van der Waals surface area contributed by atoms with Crippen molar-refractivity contribution in [3.8, 4) is 0 Å². The van der Waals surface area contributed by atoms with Gasteiger partial charge in [-0.25, -0.2) is 0 Å². The van der Waals surface area contributed by atoms with Gasteiger partial charge in [0.05, 0.1) is 0 Å².